The third-order valence-corrected chi connectivity index (χ3v) is 5.85. The molecule has 1 unspecified atom stereocenters. The maximum Gasteiger partial charge on any atom is 0.246 e. The molecule has 0 radical (unpaired) electrons. The molecule has 1 atom stereocenters. The first-order chi connectivity index (χ1) is 13.7. The lowest BCUT2D eigenvalue weighted by Gasteiger charge is -2.34. The first kappa shape index (κ1) is 18.7. The number of carbonyl (C=O) groups is 1. The number of nitrogens with two attached hydrogens (primary N) is 1. The summed E-state index contributed by atoms with van der Waals surface area (Å²) in [6.07, 6.45) is 6.11. The summed E-state index contributed by atoms with van der Waals surface area (Å²) in [5.74, 6) is 1.42. The van der Waals surface area contributed by atoms with Gasteiger partial charge >= 0.3 is 0 Å². The van der Waals surface area contributed by atoms with Gasteiger partial charge in [-0.15, -0.1) is 0 Å². The van der Waals surface area contributed by atoms with Gasteiger partial charge in [0.05, 0.1) is 6.04 Å². The summed E-state index contributed by atoms with van der Waals surface area (Å²) >= 11 is 1.48. The molecule has 4 rings (SSSR count). The van der Waals surface area contributed by atoms with Crippen molar-refractivity contribution in [3.63, 3.8) is 0 Å². The normalized spacial score (nSPS) is 20.0. The van der Waals surface area contributed by atoms with Crippen LogP contribution in [0.1, 0.15) is 30.9 Å². The average molecular weight is 397 g/mol. The van der Waals surface area contributed by atoms with Crippen molar-refractivity contribution < 1.29 is 4.79 Å². The van der Waals surface area contributed by atoms with Crippen LogP contribution < -0.4 is 10.6 Å². The Bertz CT molecular complexity index is 866. The molecule has 7 nitrogen and oxygen atoms in total. The number of thioether (sulfide) groups is 1. The molecule has 146 valence electrons. The van der Waals surface area contributed by atoms with Gasteiger partial charge in [-0.3, -0.25) is 4.79 Å². The molecule has 1 aromatic heterocycles. The van der Waals surface area contributed by atoms with Gasteiger partial charge in [0.2, 0.25) is 5.91 Å². The summed E-state index contributed by atoms with van der Waals surface area (Å²) in [6, 6.07) is 11.9. The van der Waals surface area contributed by atoms with Crippen LogP contribution in [0.3, 0.4) is 0 Å². The predicted octanol–water partition coefficient (Wildman–Crippen LogP) is 2.96. The minimum absolute atomic E-state index is 0.0116. The Kier molecular flexibility index (Phi) is 5.47. The van der Waals surface area contributed by atoms with E-state index in [2.05, 4.69) is 32.1 Å². The molecule has 2 N–H and O–H groups in total. The highest BCUT2D eigenvalue weighted by Gasteiger charge is 2.34. The van der Waals surface area contributed by atoms with Crippen LogP contribution in [0, 0.1) is 5.92 Å². The third kappa shape index (κ3) is 3.82. The van der Waals surface area contributed by atoms with Gasteiger partial charge in [0, 0.05) is 37.7 Å². The Morgan fingerprint density at radius 3 is 2.64 bits per heavy atom. The van der Waals surface area contributed by atoms with Crippen LogP contribution in [0.5, 0.6) is 0 Å². The molecule has 0 bridgehead atoms. The largest absolute Gasteiger partial charge is 0.383 e. The van der Waals surface area contributed by atoms with Crippen LogP contribution in [-0.2, 0) is 4.79 Å². The van der Waals surface area contributed by atoms with Gasteiger partial charge in [-0.2, -0.15) is 5.10 Å². The number of hydrogen-bond acceptors (Lipinski definition) is 7. The lowest BCUT2D eigenvalue weighted by molar-refractivity contribution is -0.138. The van der Waals surface area contributed by atoms with Crippen molar-refractivity contribution >= 4 is 35.5 Å². The molecule has 0 saturated carbocycles. The molecule has 28 heavy (non-hydrogen) atoms. The van der Waals surface area contributed by atoms with Gasteiger partial charge in [0.15, 0.2) is 5.16 Å². The molecule has 1 amide bonds. The molecular formula is C20H24N6OS. The van der Waals surface area contributed by atoms with Crippen molar-refractivity contribution in [3.05, 3.63) is 42.0 Å². The number of anilines is 2. The zero-order chi connectivity index (χ0) is 19.5. The van der Waals surface area contributed by atoms with Gasteiger partial charge in [-0.05, 0) is 24.7 Å². The van der Waals surface area contributed by atoms with Crippen molar-refractivity contribution in [2.24, 2.45) is 11.0 Å². The first-order valence-corrected chi connectivity index (χ1v) is 10.7. The van der Waals surface area contributed by atoms with E-state index < -0.39 is 0 Å². The molecule has 1 aromatic carbocycles. The van der Waals surface area contributed by atoms with E-state index in [1.807, 2.05) is 30.7 Å². The fourth-order valence-corrected chi connectivity index (χ4v) is 4.19. The summed E-state index contributed by atoms with van der Waals surface area (Å²) < 4.78 is 0. The number of amides is 1. The number of benzene rings is 1. The monoisotopic (exact) mass is 396 g/mol. The van der Waals surface area contributed by atoms with Gasteiger partial charge in [0.1, 0.15) is 11.6 Å². The molecule has 0 aliphatic carbocycles. The van der Waals surface area contributed by atoms with Crippen LogP contribution in [0.4, 0.5) is 11.6 Å². The van der Waals surface area contributed by atoms with E-state index in [0.29, 0.717) is 11.0 Å². The molecule has 0 spiro atoms. The summed E-state index contributed by atoms with van der Waals surface area (Å²) in [5, 5.41) is 6.74. The van der Waals surface area contributed by atoms with Gasteiger partial charge in [-0.1, -0.05) is 42.1 Å². The van der Waals surface area contributed by atoms with Gasteiger partial charge in [-0.25, -0.2) is 15.0 Å². The maximum absolute atomic E-state index is 13.1. The zero-order valence-electron chi connectivity index (χ0n) is 15.9. The number of nitrogen functional groups attached to an aromatic ring is 1. The number of hydrazone groups is 1. The smallest absolute Gasteiger partial charge is 0.246 e. The highest BCUT2D eigenvalue weighted by atomic mass is 32.2. The zero-order valence-corrected chi connectivity index (χ0v) is 16.7. The fraction of sp³-hybridized carbons (Fsp3) is 0.400. The van der Waals surface area contributed by atoms with E-state index in [1.165, 1.54) is 11.8 Å². The van der Waals surface area contributed by atoms with E-state index in [0.717, 1.165) is 43.7 Å². The Labute approximate surface area is 169 Å². The van der Waals surface area contributed by atoms with E-state index in [9.17, 15) is 4.79 Å². The van der Waals surface area contributed by atoms with Crippen molar-refractivity contribution in [3.8, 4) is 0 Å². The van der Waals surface area contributed by atoms with Crippen molar-refractivity contribution in [2.45, 2.75) is 30.5 Å². The Morgan fingerprint density at radius 2 is 1.93 bits per heavy atom. The molecule has 1 fully saturated rings. The Hall–Kier alpha value is -2.61. The minimum Gasteiger partial charge on any atom is -0.383 e. The molecule has 2 aromatic rings. The summed E-state index contributed by atoms with van der Waals surface area (Å²) in [7, 11) is 0. The lowest BCUT2D eigenvalue weighted by Crippen LogP contribution is -2.41. The third-order valence-electron chi connectivity index (χ3n) is 5.30. The van der Waals surface area contributed by atoms with E-state index in [-0.39, 0.29) is 17.9 Å². The van der Waals surface area contributed by atoms with Crippen LogP contribution in [-0.4, -0.2) is 46.4 Å². The SMILES string of the molecule is CSc1nc(N)cc(N2CCC(C(=O)N3N=CCC3c3ccccc3)CC2)n1. The topological polar surface area (TPSA) is 87.7 Å². The van der Waals surface area contributed by atoms with E-state index in [1.54, 1.807) is 11.1 Å². The van der Waals surface area contributed by atoms with Crippen molar-refractivity contribution in [1.82, 2.24) is 15.0 Å². The minimum atomic E-state index is -0.0167. The van der Waals surface area contributed by atoms with E-state index >= 15 is 0 Å². The van der Waals surface area contributed by atoms with Crippen LogP contribution in [0.25, 0.3) is 0 Å². The molecule has 2 aliphatic rings. The summed E-state index contributed by atoms with van der Waals surface area (Å²) in [5.41, 5.74) is 7.03. The van der Waals surface area contributed by atoms with Crippen molar-refractivity contribution in [1.29, 1.82) is 0 Å². The summed E-state index contributed by atoms with van der Waals surface area (Å²) in [4.78, 5) is 24.1. The molecular weight excluding hydrogens is 372 g/mol. The van der Waals surface area contributed by atoms with Crippen LogP contribution >= 0.6 is 11.8 Å². The van der Waals surface area contributed by atoms with Crippen LogP contribution in [0.15, 0.2) is 46.7 Å². The standard InChI is InChI=1S/C20H24N6OS/c1-28-20-23-17(21)13-18(24-20)25-11-8-15(9-12-25)19(27)26-16(7-10-22-26)14-5-3-2-4-6-14/h2-6,10,13,15-16H,7-9,11-12H2,1H3,(H2,21,23,24). The Morgan fingerprint density at radius 1 is 1.18 bits per heavy atom. The predicted molar refractivity (Wildman–Crippen MR) is 112 cm³/mol. The molecule has 1 saturated heterocycles. The second kappa shape index (κ2) is 8.18. The molecule has 2 aliphatic heterocycles. The number of piperidine rings is 1. The number of carbonyl (C=O) groups excluding carboxylic acids is 1. The number of aromatic nitrogens is 2. The Balaban J connectivity index is 1.41. The highest BCUT2D eigenvalue weighted by molar-refractivity contribution is 7.98. The lowest BCUT2D eigenvalue weighted by atomic mass is 9.94. The maximum atomic E-state index is 13.1. The summed E-state index contributed by atoms with van der Waals surface area (Å²) in [6.45, 7) is 1.54. The number of hydrogen-bond donors (Lipinski definition) is 1. The van der Waals surface area contributed by atoms with Gasteiger partial charge < -0.3 is 10.6 Å². The second-order valence-corrected chi connectivity index (χ2v) is 7.82. The van der Waals surface area contributed by atoms with Crippen molar-refractivity contribution in [2.75, 3.05) is 30.0 Å². The molecule has 3 heterocycles. The van der Waals surface area contributed by atoms with Crippen LogP contribution in [0.2, 0.25) is 0 Å². The number of nitrogens with zero attached hydrogens (tertiary/aromatic N) is 5. The quantitative estimate of drug-likeness (QED) is 0.631. The fourth-order valence-electron chi connectivity index (χ4n) is 3.80. The van der Waals surface area contributed by atoms with Gasteiger partial charge in [0.25, 0.3) is 0 Å². The molecule has 8 heteroatoms. The van der Waals surface area contributed by atoms with E-state index in [4.69, 9.17) is 5.73 Å². The second-order valence-electron chi connectivity index (χ2n) is 7.04. The first-order valence-electron chi connectivity index (χ1n) is 9.49. The highest BCUT2D eigenvalue weighted by Crippen LogP contribution is 2.32. The average Bonchev–Trinajstić information content (AvgIpc) is 3.23. The number of rotatable bonds is 4.